The molecule has 2 N–H and O–H groups in total. The molecule has 2 aliphatic rings. The zero-order valence-corrected chi connectivity index (χ0v) is 11.8. The molecule has 0 aromatic heterocycles. The molecule has 6 heteroatoms. The maximum Gasteiger partial charge on any atom is 0.0941 e. The Hall–Kier alpha value is -0.0300. The smallest absolute Gasteiger partial charge is 0.0941 e. The summed E-state index contributed by atoms with van der Waals surface area (Å²) < 4.78 is 5.33. The zero-order valence-electron chi connectivity index (χ0n) is 10.1. The number of morpholine rings is 1. The van der Waals surface area contributed by atoms with Crippen LogP contribution in [0.1, 0.15) is 25.7 Å². The Morgan fingerprint density at radius 1 is 1.24 bits per heavy atom. The fourth-order valence-electron chi connectivity index (χ4n) is 2.26. The minimum Gasteiger partial charge on any atom is -0.387 e. The van der Waals surface area contributed by atoms with Gasteiger partial charge in [-0.1, -0.05) is 6.42 Å². The van der Waals surface area contributed by atoms with Crippen LogP contribution in [0.5, 0.6) is 0 Å². The lowest BCUT2D eigenvalue weighted by atomic mass is 10.1. The van der Waals surface area contributed by atoms with Gasteiger partial charge in [0.15, 0.2) is 0 Å². The number of halogens is 2. The first kappa shape index (κ1) is 17.0. The molecule has 0 aromatic rings. The predicted molar refractivity (Wildman–Crippen MR) is 75.6 cm³/mol. The molecule has 1 atom stereocenters. The Morgan fingerprint density at radius 3 is 2.65 bits per heavy atom. The van der Waals surface area contributed by atoms with Gasteiger partial charge in [-0.3, -0.25) is 9.89 Å². The Morgan fingerprint density at radius 2 is 1.94 bits per heavy atom. The van der Waals surface area contributed by atoms with Gasteiger partial charge in [0.25, 0.3) is 0 Å². The second-order valence-corrected chi connectivity index (χ2v) is 4.43. The number of aliphatic imine (C=N–C) groups is 1. The predicted octanol–water partition coefficient (Wildman–Crippen LogP) is 1.46. The molecule has 0 aromatic carbocycles. The normalized spacial score (nSPS) is 26.1. The van der Waals surface area contributed by atoms with Crippen molar-refractivity contribution in [1.29, 1.82) is 0 Å². The summed E-state index contributed by atoms with van der Waals surface area (Å²) in [5.74, 6) is 0.853. The van der Waals surface area contributed by atoms with Crippen molar-refractivity contribution < 1.29 is 4.74 Å². The summed E-state index contributed by atoms with van der Waals surface area (Å²) in [6, 6.07) is 0.422. The van der Waals surface area contributed by atoms with Crippen molar-refractivity contribution in [2.45, 2.75) is 31.7 Å². The van der Waals surface area contributed by atoms with E-state index < -0.39 is 0 Å². The molecule has 4 nitrogen and oxygen atoms in total. The van der Waals surface area contributed by atoms with Gasteiger partial charge in [0, 0.05) is 26.1 Å². The largest absolute Gasteiger partial charge is 0.387 e. The molecule has 1 saturated heterocycles. The first-order valence-corrected chi connectivity index (χ1v) is 5.97. The molecule has 1 unspecified atom stereocenters. The van der Waals surface area contributed by atoms with E-state index >= 15 is 0 Å². The van der Waals surface area contributed by atoms with Crippen LogP contribution in [-0.2, 0) is 4.74 Å². The Kier molecular flexibility index (Phi) is 8.96. The standard InChI is InChI=1S/C11H21N3O.2ClH/c12-11-4-2-1-3-10(13-11)9-14-5-7-15-8-6-14;;/h10H,1-9H2,(H2,12,13);2*1H. The third kappa shape index (κ3) is 5.91. The fourth-order valence-corrected chi connectivity index (χ4v) is 2.26. The molecule has 0 amide bonds. The summed E-state index contributed by atoms with van der Waals surface area (Å²) in [7, 11) is 0. The van der Waals surface area contributed by atoms with Crippen molar-refractivity contribution in [3.8, 4) is 0 Å². The summed E-state index contributed by atoms with van der Waals surface area (Å²) in [5, 5.41) is 0. The van der Waals surface area contributed by atoms with E-state index in [1.165, 1.54) is 19.3 Å². The average molecular weight is 284 g/mol. The summed E-state index contributed by atoms with van der Waals surface area (Å²) in [5.41, 5.74) is 5.84. The van der Waals surface area contributed by atoms with Crippen LogP contribution in [0.2, 0.25) is 0 Å². The van der Waals surface area contributed by atoms with E-state index in [4.69, 9.17) is 10.5 Å². The van der Waals surface area contributed by atoms with Gasteiger partial charge in [-0.25, -0.2) is 0 Å². The SMILES string of the molecule is Cl.Cl.NC1=NC(CN2CCOCC2)CCCC1. The zero-order chi connectivity index (χ0) is 10.5. The highest BCUT2D eigenvalue weighted by atomic mass is 35.5. The van der Waals surface area contributed by atoms with Crippen molar-refractivity contribution in [1.82, 2.24) is 4.90 Å². The molecule has 0 saturated carbocycles. The van der Waals surface area contributed by atoms with E-state index in [2.05, 4.69) is 9.89 Å². The van der Waals surface area contributed by atoms with Gasteiger partial charge in [0.1, 0.15) is 0 Å². The molecule has 0 bridgehead atoms. The number of rotatable bonds is 2. The summed E-state index contributed by atoms with van der Waals surface area (Å²) in [4.78, 5) is 7.02. The van der Waals surface area contributed by atoms with Gasteiger partial charge >= 0.3 is 0 Å². The van der Waals surface area contributed by atoms with Gasteiger partial charge in [-0.05, 0) is 12.8 Å². The van der Waals surface area contributed by atoms with Gasteiger partial charge in [-0.2, -0.15) is 0 Å². The van der Waals surface area contributed by atoms with Crippen molar-refractivity contribution in [3.05, 3.63) is 0 Å². The maximum absolute atomic E-state index is 5.84. The number of ether oxygens (including phenoxy) is 1. The van der Waals surface area contributed by atoms with E-state index in [9.17, 15) is 0 Å². The van der Waals surface area contributed by atoms with E-state index in [0.717, 1.165) is 45.1 Å². The topological polar surface area (TPSA) is 50.8 Å². The Balaban J connectivity index is 0.00000128. The summed E-state index contributed by atoms with van der Waals surface area (Å²) >= 11 is 0. The van der Waals surface area contributed by atoms with Crippen LogP contribution in [0.15, 0.2) is 4.99 Å². The number of hydrogen-bond acceptors (Lipinski definition) is 4. The monoisotopic (exact) mass is 283 g/mol. The summed E-state index contributed by atoms with van der Waals surface area (Å²) in [6.07, 6.45) is 4.64. The summed E-state index contributed by atoms with van der Waals surface area (Å²) in [6.45, 7) is 4.89. The van der Waals surface area contributed by atoms with Crippen molar-refractivity contribution in [3.63, 3.8) is 0 Å². The number of amidine groups is 1. The lowest BCUT2D eigenvalue weighted by Gasteiger charge is -2.28. The molecule has 0 radical (unpaired) electrons. The van der Waals surface area contributed by atoms with E-state index in [0.29, 0.717) is 6.04 Å². The highest BCUT2D eigenvalue weighted by molar-refractivity contribution is 5.85. The van der Waals surface area contributed by atoms with Crippen molar-refractivity contribution >= 4 is 30.6 Å². The van der Waals surface area contributed by atoms with Crippen LogP contribution in [0.3, 0.4) is 0 Å². The van der Waals surface area contributed by atoms with Crippen LogP contribution in [0.4, 0.5) is 0 Å². The molecule has 102 valence electrons. The Bertz CT molecular complexity index is 233. The molecular formula is C11H23Cl2N3O. The lowest BCUT2D eigenvalue weighted by Crippen LogP contribution is -2.40. The van der Waals surface area contributed by atoms with Crippen molar-refractivity contribution in [2.75, 3.05) is 32.8 Å². The Labute approximate surface area is 116 Å². The van der Waals surface area contributed by atoms with Gasteiger partial charge < -0.3 is 10.5 Å². The second kappa shape index (κ2) is 8.97. The maximum atomic E-state index is 5.84. The quantitative estimate of drug-likeness (QED) is 0.835. The van der Waals surface area contributed by atoms with Gasteiger partial charge in [0.05, 0.1) is 25.1 Å². The van der Waals surface area contributed by atoms with Crippen LogP contribution in [0.25, 0.3) is 0 Å². The number of hydrogen-bond donors (Lipinski definition) is 1. The molecule has 17 heavy (non-hydrogen) atoms. The highest BCUT2D eigenvalue weighted by Gasteiger charge is 2.17. The van der Waals surface area contributed by atoms with Crippen LogP contribution >= 0.6 is 24.8 Å². The lowest BCUT2D eigenvalue weighted by molar-refractivity contribution is 0.0351. The van der Waals surface area contributed by atoms with Gasteiger partial charge in [0.2, 0.25) is 0 Å². The number of nitrogens with zero attached hydrogens (tertiary/aromatic N) is 2. The molecule has 2 heterocycles. The van der Waals surface area contributed by atoms with E-state index in [1.807, 2.05) is 0 Å². The molecule has 1 fully saturated rings. The third-order valence-electron chi connectivity index (χ3n) is 3.14. The molecular weight excluding hydrogens is 261 g/mol. The first-order valence-electron chi connectivity index (χ1n) is 5.97. The van der Waals surface area contributed by atoms with Crippen molar-refractivity contribution in [2.24, 2.45) is 10.7 Å². The molecule has 2 aliphatic heterocycles. The molecule has 0 spiro atoms. The van der Waals surface area contributed by atoms with Crippen LogP contribution in [-0.4, -0.2) is 49.6 Å². The highest BCUT2D eigenvalue weighted by Crippen LogP contribution is 2.14. The fraction of sp³-hybridized carbons (Fsp3) is 0.909. The minimum atomic E-state index is 0. The second-order valence-electron chi connectivity index (χ2n) is 4.43. The molecule has 2 rings (SSSR count). The average Bonchev–Trinajstić information content (AvgIpc) is 2.44. The van der Waals surface area contributed by atoms with E-state index in [-0.39, 0.29) is 24.8 Å². The molecule has 0 aliphatic carbocycles. The van der Waals surface area contributed by atoms with E-state index in [1.54, 1.807) is 0 Å². The van der Waals surface area contributed by atoms with Crippen LogP contribution < -0.4 is 5.73 Å². The minimum absolute atomic E-state index is 0. The van der Waals surface area contributed by atoms with Crippen LogP contribution in [0, 0.1) is 0 Å². The number of nitrogens with two attached hydrogens (primary N) is 1. The third-order valence-corrected chi connectivity index (χ3v) is 3.14. The first-order chi connectivity index (χ1) is 7.34. The van der Waals surface area contributed by atoms with Gasteiger partial charge in [-0.15, -0.1) is 24.8 Å².